The highest BCUT2D eigenvalue weighted by Crippen LogP contribution is 2.33. The highest BCUT2D eigenvalue weighted by Gasteiger charge is 2.32. The van der Waals surface area contributed by atoms with E-state index in [0.29, 0.717) is 5.76 Å². The van der Waals surface area contributed by atoms with Crippen molar-refractivity contribution in [3.63, 3.8) is 0 Å². The van der Waals surface area contributed by atoms with Crippen molar-refractivity contribution in [3.05, 3.63) is 47.3 Å². The van der Waals surface area contributed by atoms with Crippen LogP contribution in [0.5, 0.6) is 5.75 Å². The predicted octanol–water partition coefficient (Wildman–Crippen LogP) is 2.97. The van der Waals surface area contributed by atoms with Crippen LogP contribution in [-0.4, -0.2) is 29.6 Å². The van der Waals surface area contributed by atoms with Gasteiger partial charge in [0.15, 0.2) is 0 Å². The minimum Gasteiger partial charge on any atom is -0.497 e. The molecule has 0 saturated carbocycles. The average molecular weight is 286 g/mol. The number of aromatic nitrogens is 1. The maximum Gasteiger partial charge on any atom is 0.292 e. The third-order valence-corrected chi connectivity index (χ3v) is 3.85. The molecular formula is C16H18N2O3. The Morgan fingerprint density at radius 2 is 2.14 bits per heavy atom. The molecule has 0 N–H and O–H groups in total. The zero-order valence-corrected chi connectivity index (χ0v) is 12.2. The highest BCUT2D eigenvalue weighted by molar-refractivity contribution is 5.92. The number of carbonyl (C=O) groups excluding carboxylic acids is 1. The van der Waals surface area contributed by atoms with E-state index in [4.69, 9.17) is 9.26 Å². The summed E-state index contributed by atoms with van der Waals surface area (Å²) < 4.78 is 10.3. The maximum absolute atomic E-state index is 12.5. The Balaban J connectivity index is 1.83. The Bertz CT molecular complexity index is 633. The summed E-state index contributed by atoms with van der Waals surface area (Å²) in [7, 11) is 1.65. The van der Waals surface area contributed by atoms with Crippen molar-refractivity contribution in [1.29, 1.82) is 0 Å². The lowest BCUT2D eigenvalue weighted by atomic mass is 10.0. The van der Waals surface area contributed by atoms with E-state index >= 15 is 0 Å². The summed E-state index contributed by atoms with van der Waals surface area (Å²) in [6.45, 7) is 2.56. The van der Waals surface area contributed by atoms with E-state index in [1.807, 2.05) is 36.1 Å². The molecule has 0 unspecified atom stereocenters. The molecule has 0 aliphatic carbocycles. The van der Waals surface area contributed by atoms with Crippen molar-refractivity contribution in [2.24, 2.45) is 0 Å². The van der Waals surface area contributed by atoms with Crippen LogP contribution in [0.25, 0.3) is 0 Å². The molecule has 1 amide bonds. The molecule has 5 heteroatoms. The van der Waals surface area contributed by atoms with Crippen LogP contribution in [0.2, 0.25) is 0 Å². The molecule has 21 heavy (non-hydrogen) atoms. The number of nitrogens with zero attached hydrogens (tertiary/aromatic N) is 2. The van der Waals surface area contributed by atoms with Gasteiger partial charge >= 0.3 is 0 Å². The van der Waals surface area contributed by atoms with Gasteiger partial charge in [-0.1, -0.05) is 17.3 Å². The molecule has 0 spiro atoms. The molecule has 1 aromatic heterocycles. The maximum atomic E-state index is 12.5. The third kappa shape index (κ3) is 2.63. The predicted molar refractivity (Wildman–Crippen MR) is 77.2 cm³/mol. The van der Waals surface area contributed by atoms with Gasteiger partial charge < -0.3 is 14.2 Å². The fourth-order valence-corrected chi connectivity index (χ4v) is 2.79. The number of likely N-dealkylation sites (tertiary alicyclic amines) is 1. The van der Waals surface area contributed by atoms with Gasteiger partial charge in [-0.25, -0.2) is 0 Å². The van der Waals surface area contributed by atoms with Crippen LogP contribution < -0.4 is 4.74 Å². The van der Waals surface area contributed by atoms with Crippen molar-refractivity contribution in [2.45, 2.75) is 25.8 Å². The fraction of sp³-hybridized carbons (Fsp3) is 0.375. The van der Waals surface area contributed by atoms with Crippen LogP contribution in [0.3, 0.4) is 0 Å². The largest absolute Gasteiger partial charge is 0.497 e. The number of hydrogen-bond donors (Lipinski definition) is 0. The van der Waals surface area contributed by atoms with Crippen LogP contribution in [0, 0.1) is 6.92 Å². The lowest BCUT2D eigenvalue weighted by molar-refractivity contribution is 0.0693. The standard InChI is InChI=1S/C16H18N2O3/c1-11-10-15(21-17-11)16(19)18-9-3-4-14(18)12-5-7-13(20-2)8-6-12/h5-8,10,14H,3-4,9H2,1-2H3/t14-/m1/s1. The van der Waals surface area contributed by atoms with Crippen molar-refractivity contribution in [3.8, 4) is 5.75 Å². The van der Waals surface area contributed by atoms with Crippen LogP contribution in [0.15, 0.2) is 34.9 Å². The lowest BCUT2D eigenvalue weighted by Gasteiger charge is -2.24. The lowest BCUT2D eigenvalue weighted by Crippen LogP contribution is -2.30. The normalized spacial score (nSPS) is 18.0. The van der Waals surface area contributed by atoms with Crippen molar-refractivity contribution in [2.75, 3.05) is 13.7 Å². The van der Waals surface area contributed by atoms with Gasteiger partial charge in [-0.2, -0.15) is 0 Å². The van der Waals surface area contributed by atoms with E-state index in [0.717, 1.165) is 36.4 Å². The van der Waals surface area contributed by atoms with Gasteiger partial charge in [-0.05, 0) is 37.5 Å². The van der Waals surface area contributed by atoms with E-state index in [1.54, 1.807) is 13.2 Å². The van der Waals surface area contributed by atoms with Gasteiger partial charge in [0.1, 0.15) is 5.75 Å². The molecule has 1 saturated heterocycles. The van der Waals surface area contributed by atoms with Crippen molar-refractivity contribution < 1.29 is 14.1 Å². The summed E-state index contributed by atoms with van der Waals surface area (Å²) in [5, 5.41) is 3.79. The molecule has 2 aromatic rings. The molecule has 5 nitrogen and oxygen atoms in total. The van der Waals surface area contributed by atoms with Crippen molar-refractivity contribution in [1.82, 2.24) is 10.1 Å². The molecule has 110 valence electrons. The van der Waals surface area contributed by atoms with Gasteiger partial charge in [0, 0.05) is 12.6 Å². The van der Waals surface area contributed by atoms with Gasteiger partial charge in [0.25, 0.3) is 5.91 Å². The summed E-state index contributed by atoms with van der Waals surface area (Å²) >= 11 is 0. The number of carbonyl (C=O) groups is 1. The first-order chi connectivity index (χ1) is 10.2. The monoisotopic (exact) mass is 286 g/mol. The Labute approximate surface area is 123 Å². The number of methoxy groups -OCH3 is 1. The molecule has 0 bridgehead atoms. The average Bonchev–Trinajstić information content (AvgIpc) is 3.15. The number of ether oxygens (including phenoxy) is 1. The number of amides is 1. The second kappa shape index (κ2) is 5.60. The number of hydrogen-bond acceptors (Lipinski definition) is 4. The molecule has 1 fully saturated rings. The zero-order valence-electron chi connectivity index (χ0n) is 12.2. The first kappa shape index (κ1) is 13.7. The number of aryl methyl sites for hydroxylation is 1. The van der Waals surface area contributed by atoms with Gasteiger partial charge in [0.05, 0.1) is 18.8 Å². The van der Waals surface area contributed by atoms with Crippen LogP contribution >= 0.6 is 0 Å². The SMILES string of the molecule is COc1ccc([C@H]2CCCN2C(=O)c2cc(C)no2)cc1. The van der Waals surface area contributed by atoms with Crippen molar-refractivity contribution >= 4 is 5.91 Å². The zero-order chi connectivity index (χ0) is 14.8. The van der Waals surface area contributed by atoms with E-state index < -0.39 is 0 Å². The topological polar surface area (TPSA) is 55.6 Å². The van der Waals surface area contributed by atoms with Gasteiger partial charge in [-0.3, -0.25) is 4.79 Å². The summed E-state index contributed by atoms with van der Waals surface area (Å²) in [5.41, 5.74) is 1.84. The van der Waals surface area contributed by atoms with Crippen LogP contribution in [-0.2, 0) is 0 Å². The quantitative estimate of drug-likeness (QED) is 0.870. The molecule has 1 aromatic carbocycles. The summed E-state index contributed by atoms with van der Waals surface area (Å²) in [4.78, 5) is 14.4. The molecule has 1 atom stereocenters. The smallest absolute Gasteiger partial charge is 0.292 e. The minimum absolute atomic E-state index is 0.0890. The Kier molecular flexibility index (Phi) is 3.64. The molecule has 0 radical (unpaired) electrons. The van der Waals surface area contributed by atoms with E-state index in [-0.39, 0.29) is 11.9 Å². The molecule has 1 aliphatic rings. The second-order valence-corrected chi connectivity index (χ2v) is 5.26. The first-order valence-electron chi connectivity index (χ1n) is 7.07. The minimum atomic E-state index is -0.0890. The number of rotatable bonds is 3. The second-order valence-electron chi connectivity index (χ2n) is 5.26. The first-order valence-corrected chi connectivity index (χ1v) is 7.07. The molecule has 3 rings (SSSR count). The van der Waals surface area contributed by atoms with Gasteiger partial charge in [-0.15, -0.1) is 0 Å². The van der Waals surface area contributed by atoms with Gasteiger partial charge in [0.2, 0.25) is 5.76 Å². The Morgan fingerprint density at radius 3 is 2.76 bits per heavy atom. The van der Waals surface area contributed by atoms with Crippen LogP contribution in [0.4, 0.5) is 0 Å². The van der Waals surface area contributed by atoms with Crippen LogP contribution in [0.1, 0.15) is 40.7 Å². The fourth-order valence-electron chi connectivity index (χ4n) is 2.79. The number of benzene rings is 1. The summed E-state index contributed by atoms with van der Waals surface area (Å²) in [5.74, 6) is 1.04. The highest BCUT2D eigenvalue weighted by atomic mass is 16.5. The molecule has 2 heterocycles. The van der Waals surface area contributed by atoms with E-state index in [2.05, 4.69) is 5.16 Å². The third-order valence-electron chi connectivity index (χ3n) is 3.85. The Morgan fingerprint density at radius 1 is 1.38 bits per heavy atom. The molecule has 1 aliphatic heterocycles. The van der Waals surface area contributed by atoms with E-state index in [9.17, 15) is 4.79 Å². The molecular weight excluding hydrogens is 268 g/mol. The summed E-state index contributed by atoms with van der Waals surface area (Å²) in [6, 6.07) is 9.66. The van der Waals surface area contributed by atoms with E-state index in [1.165, 1.54) is 0 Å². The summed E-state index contributed by atoms with van der Waals surface area (Å²) in [6.07, 6.45) is 1.96. The Hall–Kier alpha value is -2.30.